The predicted molar refractivity (Wildman–Crippen MR) is 84.1 cm³/mol. The van der Waals surface area contributed by atoms with E-state index in [2.05, 4.69) is 22.5 Å². The van der Waals surface area contributed by atoms with Crippen molar-refractivity contribution in [1.82, 2.24) is 20.0 Å². The maximum absolute atomic E-state index is 12.5. The average Bonchev–Trinajstić information content (AvgIpc) is 2.49. The summed E-state index contributed by atoms with van der Waals surface area (Å²) >= 11 is 0. The highest BCUT2D eigenvalue weighted by atomic mass is 16.2. The van der Waals surface area contributed by atoms with Crippen LogP contribution >= 0.6 is 0 Å². The fraction of sp³-hybridized carbons (Fsp3) is 0.438. The first-order valence-electron chi connectivity index (χ1n) is 7.56. The number of amides is 1. The summed E-state index contributed by atoms with van der Waals surface area (Å²) in [6.07, 6.45) is 3.90. The number of pyridine rings is 1. The van der Waals surface area contributed by atoms with Crippen LogP contribution in [0.15, 0.2) is 29.3 Å². The lowest BCUT2D eigenvalue weighted by atomic mass is 9.95. The molecule has 0 aliphatic carbocycles. The zero-order chi connectivity index (χ0) is 15.7. The number of hydrogen-bond donors (Lipinski definition) is 2. The lowest BCUT2D eigenvalue weighted by Gasteiger charge is -2.30. The van der Waals surface area contributed by atoms with Gasteiger partial charge >= 0.3 is 0 Å². The fourth-order valence-corrected chi connectivity index (χ4v) is 2.81. The Hall–Kier alpha value is -2.21. The van der Waals surface area contributed by atoms with Gasteiger partial charge in [0.25, 0.3) is 11.5 Å². The fourth-order valence-electron chi connectivity index (χ4n) is 2.81. The van der Waals surface area contributed by atoms with Crippen LogP contribution in [0.1, 0.15) is 29.3 Å². The van der Waals surface area contributed by atoms with Gasteiger partial charge in [-0.2, -0.15) is 0 Å². The third kappa shape index (κ3) is 2.74. The van der Waals surface area contributed by atoms with Crippen molar-refractivity contribution in [2.45, 2.75) is 26.3 Å². The summed E-state index contributed by atoms with van der Waals surface area (Å²) in [7, 11) is 0. The molecule has 3 heterocycles. The molecule has 2 atom stereocenters. The van der Waals surface area contributed by atoms with Crippen molar-refractivity contribution >= 4 is 11.6 Å². The van der Waals surface area contributed by atoms with Crippen LogP contribution in [0.25, 0.3) is 5.65 Å². The molecule has 2 aromatic rings. The second kappa shape index (κ2) is 5.88. The highest BCUT2D eigenvalue weighted by molar-refractivity contribution is 5.94. The molecule has 2 N–H and O–H groups in total. The molecule has 116 valence electrons. The van der Waals surface area contributed by atoms with E-state index in [1.54, 1.807) is 6.20 Å². The summed E-state index contributed by atoms with van der Waals surface area (Å²) in [5.74, 6) is 0.00254. The second-order valence-corrected chi connectivity index (χ2v) is 5.96. The van der Waals surface area contributed by atoms with E-state index in [9.17, 15) is 9.59 Å². The van der Waals surface area contributed by atoms with Crippen LogP contribution in [0.2, 0.25) is 0 Å². The Balaban J connectivity index is 1.89. The molecule has 2 unspecified atom stereocenters. The molecule has 1 aliphatic rings. The van der Waals surface area contributed by atoms with Crippen LogP contribution in [-0.2, 0) is 0 Å². The highest BCUT2D eigenvalue weighted by Gasteiger charge is 2.24. The molecule has 0 spiro atoms. The molecule has 6 heteroatoms. The molecular formula is C16H20N4O2. The van der Waals surface area contributed by atoms with E-state index in [-0.39, 0.29) is 23.1 Å². The van der Waals surface area contributed by atoms with Crippen molar-refractivity contribution in [3.05, 3.63) is 46.0 Å². The summed E-state index contributed by atoms with van der Waals surface area (Å²) in [4.78, 5) is 29.1. The smallest absolute Gasteiger partial charge is 0.270 e. The normalized spacial score (nSPS) is 21.7. The number of fused-ring (bicyclic) bond motifs is 1. The van der Waals surface area contributed by atoms with E-state index >= 15 is 0 Å². The van der Waals surface area contributed by atoms with Gasteiger partial charge in [0.15, 0.2) is 0 Å². The zero-order valence-electron chi connectivity index (χ0n) is 12.8. The number of carbonyl (C=O) groups excluding carboxylic acids is 1. The van der Waals surface area contributed by atoms with E-state index in [4.69, 9.17) is 0 Å². The van der Waals surface area contributed by atoms with Gasteiger partial charge in [0.2, 0.25) is 0 Å². The number of nitrogens with zero attached hydrogens (tertiary/aromatic N) is 2. The van der Waals surface area contributed by atoms with E-state index < -0.39 is 0 Å². The number of carbonyl (C=O) groups is 1. The maximum atomic E-state index is 12.5. The van der Waals surface area contributed by atoms with Gasteiger partial charge in [-0.25, -0.2) is 4.98 Å². The molecule has 1 fully saturated rings. The van der Waals surface area contributed by atoms with Gasteiger partial charge in [0, 0.05) is 18.4 Å². The monoisotopic (exact) mass is 300 g/mol. The van der Waals surface area contributed by atoms with E-state index in [1.165, 1.54) is 10.6 Å². The number of rotatable bonds is 2. The zero-order valence-corrected chi connectivity index (χ0v) is 12.8. The van der Waals surface area contributed by atoms with Gasteiger partial charge < -0.3 is 10.6 Å². The molecule has 0 aromatic carbocycles. The Bertz CT molecular complexity index is 768. The molecule has 0 saturated carbocycles. The first kappa shape index (κ1) is 14.7. The first-order valence-corrected chi connectivity index (χ1v) is 7.56. The van der Waals surface area contributed by atoms with Crippen LogP contribution < -0.4 is 16.2 Å². The Morgan fingerprint density at radius 2 is 2.32 bits per heavy atom. The molecule has 22 heavy (non-hydrogen) atoms. The Morgan fingerprint density at radius 3 is 3.09 bits per heavy atom. The number of aryl methyl sites for hydroxylation is 1. The second-order valence-electron chi connectivity index (χ2n) is 5.96. The van der Waals surface area contributed by atoms with Crippen molar-refractivity contribution < 1.29 is 4.79 Å². The van der Waals surface area contributed by atoms with Crippen molar-refractivity contribution in [2.75, 3.05) is 13.1 Å². The largest absolute Gasteiger partial charge is 0.349 e. The molecule has 1 saturated heterocycles. The minimum absolute atomic E-state index is 0.0897. The summed E-state index contributed by atoms with van der Waals surface area (Å²) in [5, 5.41) is 6.26. The van der Waals surface area contributed by atoms with Crippen LogP contribution in [0.3, 0.4) is 0 Å². The van der Waals surface area contributed by atoms with Crippen LogP contribution in [-0.4, -0.2) is 34.4 Å². The minimum Gasteiger partial charge on any atom is -0.349 e. The lowest BCUT2D eigenvalue weighted by Crippen LogP contribution is -2.49. The van der Waals surface area contributed by atoms with Crippen LogP contribution in [0.4, 0.5) is 0 Å². The third-order valence-corrected chi connectivity index (χ3v) is 4.21. The van der Waals surface area contributed by atoms with Gasteiger partial charge in [-0.05, 0) is 50.0 Å². The molecule has 6 nitrogen and oxygen atoms in total. The Labute approximate surface area is 128 Å². The molecule has 0 bridgehead atoms. The highest BCUT2D eigenvalue weighted by Crippen LogP contribution is 2.11. The Morgan fingerprint density at radius 1 is 1.50 bits per heavy atom. The SMILES string of the molecule is Cc1ccn2c(=O)c(C(=O)NC3CCNCC3C)cnc2c1. The predicted octanol–water partition coefficient (Wildman–Crippen LogP) is 0.731. The standard InChI is InChI=1S/C16H20N4O2/c1-10-4-6-20-14(7-10)18-9-12(16(20)22)15(21)19-13-3-5-17-8-11(13)2/h4,6-7,9,11,13,17H,3,5,8H2,1-2H3,(H,19,21). The first-order chi connectivity index (χ1) is 10.6. The average molecular weight is 300 g/mol. The van der Waals surface area contributed by atoms with Gasteiger partial charge in [-0.15, -0.1) is 0 Å². The molecule has 0 radical (unpaired) electrons. The molecule has 1 amide bonds. The quantitative estimate of drug-likeness (QED) is 0.857. The summed E-state index contributed by atoms with van der Waals surface area (Å²) in [6, 6.07) is 3.73. The third-order valence-electron chi connectivity index (χ3n) is 4.21. The van der Waals surface area contributed by atoms with Crippen molar-refractivity contribution in [3.63, 3.8) is 0 Å². The molecule has 2 aromatic heterocycles. The maximum Gasteiger partial charge on any atom is 0.270 e. The van der Waals surface area contributed by atoms with E-state index in [1.807, 2.05) is 19.1 Å². The molecule has 1 aliphatic heterocycles. The number of aromatic nitrogens is 2. The molecule has 3 rings (SSSR count). The van der Waals surface area contributed by atoms with Crippen molar-refractivity contribution in [2.24, 2.45) is 5.92 Å². The van der Waals surface area contributed by atoms with Gasteiger partial charge in [0.1, 0.15) is 11.2 Å². The number of nitrogens with one attached hydrogen (secondary N) is 2. The van der Waals surface area contributed by atoms with Gasteiger partial charge in [0.05, 0.1) is 0 Å². The Kier molecular flexibility index (Phi) is 3.94. The number of hydrogen-bond acceptors (Lipinski definition) is 4. The summed E-state index contributed by atoms with van der Waals surface area (Å²) in [5.41, 5.74) is 1.33. The molecular weight excluding hydrogens is 280 g/mol. The lowest BCUT2D eigenvalue weighted by molar-refractivity contribution is 0.0912. The van der Waals surface area contributed by atoms with Crippen molar-refractivity contribution in [1.29, 1.82) is 0 Å². The van der Waals surface area contributed by atoms with Crippen molar-refractivity contribution in [3.8, 4) is 0 Å². The topological polar surface area (TPSA) is 75.5 Å². The summed E-state index contributed by atoms with van der Waals surface area (Å²) < 4.78 is 1.41. The number of piperidine rings is 1. The minimum atomic E-state index is -0.341. The van der Waals surface area contributed by atoms with Crippen LogP contribution in [0, 0.1) is 12.8 Å². The van der Waals surface area contributed by atoms with Gasteiger partial charge in [-0.3, -0.25) is 14.0 Å². The van der Waals surface area contributed by atoms with E-state index in [0.29, 0.717) is 11.6 Å². The van der Waals surface area contributed by atoms with E-state index in [0.717, 1.165) is 25.1 Å². The summed E-state index contributed by atoms with van der Waals surface area (Å²) in [6.45, 7) is 5.78. The van der Waals surface area contributed by atoms with Crippen LogP contribution in [0.5, 0.6) is 0 Å². The van der Waals surface area contributed by atoms with Gasteiger partial charge in [-0.1, -0.05) is 6.92 Å².